The van der Waals surface area contributed by atoms with Crippen LogP contribution in [0, 0.1) is 0 Å². The van der Waals surface area contributed by atoms with Crippen LogP contribution in [0.25, 0.3) is 0 Å². The summed E-state index contributed by atoms with van der Waals surface area (Å²) in [6.45, 7) is 2.11. The fraction of sp³-hybridized carbons (Fsp3) is 0.250. The van der Waals surface area contributed by atoms with Gasteiger partial charge in [-0.25, -0.2) is 0 Å². The molecule has 0 aromatic carbocycles. The second-order valence-electron chi connectivity index (χ2n) is 2.21. The summed E-state index contributed by atoms with van der Waals surface area (Å²) in [5.74, 6) is -0.0530. The predicted molar refractivity (Wildman–Crippen MR) is 44.4 cm³/mol. The van der Waals surface area contributed by atoms with Gasteiger partial charge in [0.1, 0.15) is 0 Å². The topological polar surface area (TPSA) is 41.5 Å². The van der Waals surface area contributed by atoms with Crippen LogP contribution in [0.4, 0.5) is 0 Å². The number of hydrogen-bond acceptors (Lipinski definition) is 2. The lowest BCUT2D eigenvalue weighted by Gasteiger charge is -1.99. The van der Waals surface area contributed by atoms with Gasteiger partial charge in [-0.1, -0.05) is 0 Å². The average molecular weight is 150 g/mol. The van der Waals surface area contributed by atoms with Crippen molar-refractivity contribution in [3.05, 3.63) is 23.9 Å². The Balaban J connectivity index is 2.58. The van der Waals surface area contributed by atoms with Crippen molar-refractivity contribution in [2.45, 2.75) is 6.92 Å². The number of amides is 1. The predicted octanol–water partition coefficient (Wildman–Crippen LogP) is 0.647. The van der Waals surface area contributed by atoms with Gasteiger partial charge in [-0.2, -0.15) is 0 Å². The number of carbonyl (C=O) groups is 1. The first-order chi connectivity index (χ1) is 5.29. The van der Waals surface area contributed by atoms with Gasteiger partial charge in [0.2, 0.25) is 5.91 Å². The standard InChI is InChI=1S/C8H10N2O/c1-7(11)10-8-3-2-5-9-6-4-8/h2-5H,6H2,1H3,(H,10,11). The van der Waals surface area contributed by atoms with Crippen LogP contribution in [-0.2, 0) is 4.79 Å². The minimum absolute atomic E-state index is 0.0530. The summed E-state index contributed by atoms with van der Waals surface area (Å²) in [5.41, 5.74) is 0.815. The van der Waals surface area contributed by atoms with Crippen LogP contribution in [0.3, 0.4) is 0 Å². The highest BCUT2D eigenvalue weighted by Crippen LogP contribution is 1.94. The maximum absolute atomic E-state index is 10.6. The molecule has 0 radical (unpaired) electrons. The minimum atomic E-state index is -0.0530. The molecular formula is C8H10N2O. The smallest absolute Gasteiger partial charge is 0.221 e. The Hall–Kier alpha value is -1.38. The minimum Gasteiger partial charge on any atom is -0.327 e. The highest BCUT2D eigenvalue weighted by Gasteiger charge is 1.94. The molecule has 0 aromatic rings. The first-order valence-corrected chi connectivity index (χ1v) is 3.43. The summed E-state index contributed by atoms with van der Waals surface area (Å²) in [4.78, 5) is 14.6. The molecule has 58 valence electrons. The molecule has 0 aliphatic carbocycles. The molecule has 0 bridgehead atoms. The van der Waals surface area contributed by atoms with E-state index in [9.17, 15) is 4.79 Å². The lowest BCUT2D eigenvalue weighted by molar-refractivity contribution is -0.118. The fourth-order valence-corrected chi connectivity index (χ4v) is 0.783. The maximum Gasteiger partial charge on any atom is 0.221 e. The zero-order valence-electron chi connectivity index (χ0n) is 6.37. The zero-order valence-corrected chi connectivity index (χ0v) is 6.37. The van der Waals surface area contributed by atoms with Gasteiger partial charge in [0.15, 0.2) is 0 Å². The van der Waals surface area contributed by atoms with Crippen molar-refractivity contribution < 1.29 is 4.79 Å². The third-order valence-electron chi connectivity index (χ3n) is 1.20. The van der Waals surface area contributed by atoms with Crippen LogP contribution >= 0.6 is 0 Å². The lowest BCUT2D eigenvalue weighted by atomic mass is 10.3. The quantitative estimate of drug-likeness (QED) is 0.585. The summed E-state index contributed by atoms with van der Waals surface area (Å²) in [6.07, 6.45) is 7.19. The summed E-state index contributed by atoms with van der Waals surface area (Å²) >= 11 is 0. The number of carbonyl (C=O) groups excluding carboxylic acids is 1. The molecule has 1 N–H and O–H groups in total. The molecule has 1 heterocycles. The third kappa shape index (κ3) is 2.80. The number of nitrogens with zero attached hydrogens (tertiary/aromatic N) is 1. The van der Waals surface area contributed by atoms with E-state index in [1.807, 2.05) is 12.2 Å². The molecule has 1 aliphatic rings. The summed E-state index contributed by atoms with van der Waals surface area (Å²) in [5, 5.41) is 2.68. The molecule has 0 saturated heterocycles. The van der Waals surface area contributed by atoms with E-state index in [2.05, 4.69) is 10.3 Å². The summed E-state index contributed by atoms with van der Waals surface area (Å²) in [7, 11) is 0. The molecule has 0 spiro atoms. The van der Waals surface area contributed by atoms with Gasteiger partial charge < -0.3 is 5.32 Å². The number of nitrogens with one attached hydrogen (secondary N) is 1. The van der Waals surface area contributed by atoms with E-state index >= 15 is 0 Å². The van der Waals surface area contributed by atoms with E-state index in [1.165, 1.54) is 6.92 Å². The van der Waals surface area contributed by atoms with Gasteiger partial charge in [0, 0.05) is 18.8 Å². The monoisotopic (exact) mass is 150 g/mol. The van der Waals surface area contributed by atoms with E-state index in [0.29, 0.717) is 6.54 Å². The van der Waals surface area contributed by atoms with Crippen molar-refractivity contribution in [3.63, 3.8) is 0 Å². The Bertz CT molecular complexity index is 238. The number of allylic oxidation sites excluding steroid dienone is 2. The van der Waals surface area contributed by atoms with Gasteiger partial charge in [0.05, 0.1) is 6.54 Å². The van der Waals surface area contributed by atoms with E-state index in [-0.39, 0.29) is 5.91 Å². The largest absolute Gasteiger partial charge is 0.327 e. The van der Waals surface area contributed by atoms with Crippen molar-refractivity contribution in [1.82, 2.24) is 5.32 Å². The van der Waals surface area contributed by atoms with Gasteiger partial charge in [-0.15, -0.1) is 0 Å². The van der Waals surface area contributed by atoms with Crippen molar-refractivity contribution in [3.8, 4) is 0 Å². The summed E-state index contributed by atoms with van der Waals surface area (Å²) < 4.78 is 0. The SMILES string of the molecule is CC(=O)NC1=CCN=CC=C1. The normalized spacial score (nSPS) is 15.5. The van der Waals surface area contributed by atoms with Gasteiger partial charge >= 0.3 is 0 Å². The molecule has 0 atom stereocenters. The fourth-order valence-electron chi connectivity index (χ4n) is 0.783. The number of hydrogen-bond donors (Lipinski definition) is 1. The molecule has 0 unspecified atom stereocenters. The maximum atomic E-state index is 10.6. The van der Waals surface area contributed by atoms with Crippen molar-refractivity contribution >= 4 is 12.1 Å². The molecule has 0 saturated carbocycles. The zero-order chi connectivity index (χ0) is 8.10. The molecule has 1 aliphatic heterocycles. The molecule has 1 rings (SSSR count). The Morgan fingerprint density at radius 3 is 3.27 bits per heavy atom. The second-order valence-corrected chi connectivity index (χ2v) is 2.21. The van der Waals surface area contributed by atoms with Crippen LogP contribution in [0.2, 0.25) is 0 Å². The van der Waals surface area contributed by atoms with Gasteiger partial charge in [0.25, 0.3) is 0 Å². The van der Waals surface area contributed by atoms with Crippen LogP contribution in [0.1, 0.15) is 6.92 Å². The molecule has 0 aromatic heterocycles. The van der Waals surface area contributed by atoms with E-state index in [1.54, 1.807) is 12.3 Å². The number of aliphatic imine (C=N–C) groups is 1. The van der Waals surface area contributed by atoms with Gasteiger partial charge in [-0.05, 0) is 18.2 Å². The Morgan fingerprint density at radius 1 is 1.73 bits per heavy atom. The average Bonchev–Trinajstić information content (AvgIpc) is 2.14. The molecule has 1 amide bonds. The van der Waals surface area contributed by atoms with E-state index in [4.69, 9.17) is 0 Å². The highest BCUT2D eigenvalue weighted by atomic mass is 16.1. The van der Waals surface area contributed by atoms with E-state index in [0.717, 1.165) is 5.70 Å². The Morgan fingerprint density at radius 2 is 2.55 bits per heavy atom. The van der Waals surface area contributed by atoms with Crippen molar-refractivity contribution in [2.75, 3.05) is 6.54 Å². The van der Waals surface area contributed by atoms with Crippen molar-refractivity contribution in [1.29, 1.82) is 0 Å². The highest BCUT2D eigenvalue weighted by molar-refractivity contribution is 5.77. The first-order valence-electron chi connectivity index (χ1n) is 3.43. The first kappa shape index (κ1) is 7.72. The van der Waals surface area contributed by atoms with Crippen LogP contribution in [0.5, 0.6) is 0 Å². The Labute approximate surface area is 65.5 Å². The van der Waals surface area contributed by atoms with Crippen LogP contribution in [0.15, 0.2) is 28.9 Å². The molecule has 3 nitrogen and oxygen atoms in total. The van der Waals surface area contributed by atoms with Gasteiger partial charge in [-0.3, -0.25) is 9.79 Å². The molecular weight excluding hydrogens is 140 g/mol. The second kappa shape index (κ2) is 3.71. The third-order valence-corrected chi connectivity index (χ3v) is 1.20. The van der Waals surface area contributed by atoms with Crippen LogP contribution in [-0.4, -0.2) is 18.7 Å². The Kier molecular flexibility index (Phi) is 2.60. The molecule has 3 heteroatoms. The van der Waals surface area contributed by atoms with Crippen LogP contribution < -0.4 is 5.32 Å². The molecule has 11 heavy (non-hydrogen) atoms. The lowest BCUT2D eigenvalue weighted by Crippen LogP contribution is -2.17. The summed E-state index contributed by atoms with van der Waals surface area (Å²) in [6, 6.07) is 0. The number of rotatable bonds is 1. The van der Waals surface area contributed by atoms with E-state index < -0.39 is 0 Å². The molecule has 0 fully saturated rings. The van der Waals surface area contributed by atoms with Crippen molar-refractivity contribution in [2.24, 2.45) is 4.99 Å².